The standard InChI is InChI=1S/C18H19F3N2O4S/c1-23(7-4-8-27-2)28(25,26)14-6-3-5-12(9-14)18(24)22-13-10-15(19)17(21)16(20)11-13/h3,5-6,9-11H,4,7-8H2,1-2H3,(H,22,24). The van der Waals surface area contributed by atoms with E-state index in [0.29, 0.717) is 25.2 Å². The van der Waals surface area contributed by atoms with Gasteiger partial charge in [0.05, 0.1) is 4.90 Å². The molecule has 0 bridgehead atoms. The van der Waals surface area contributed by atoms with E-state index in [0.717, 1.165) is 10.4 Å². The third-order valence-electron chi connectivity index (χ3n) is 3.87. The van der Waals surface area contributed by atoms with E-state index < -0.39 is 33.4 Å². The van der Waals surface area contributed by atoms with Gasteiger partial charge in [-0.25, -0.2) is 25.9 Å². The molecule has 0 saturated carbocycles. The molecule has 0 aromatic heterocycles. The van der Waals surface area contributed by atoms with Gasteiger partial charge in [0, 0.05) is 50.7 Å². The minimum atomic E-state index is -3.84. The van der Waals surface area contributed by atoms with Crippen LogP contribution in [-0.2, 0) is 14.8 Å². The Balaban J connectivity index is 2.21. The monoisotopic (exact) mass is 416 g/mol. The Morgan fingerprint density at radius 3 is 2.39 bits per heavy atom. The molecule has 0 heterocycles. The van der Waals surface area contributed by atoms with E-state index in [2.05, 4.69) is 5.32 Å². The molecular weight excluding hydrogens is 397 g/mol. The van der Waals surface area contributed by atoms with Crippen LogP contribution in [0.15, 0.2) is 41.3 Å². The number of carbonyl (C=O) groups excluding carboxylic acids is 1. The number of anilines is 1. The van der Waals surface area contributed by atoms with E-state index in [-0.39, 0.29) is 22.7 Å². The van der Waals surface area contributed by atoms with Gasteiger partial charge < -0.3 is 10.1 Å². The van der Waals surface area contributed by atoms with Crippen LogP contribution in [0.25, 0.3) is 0 Å². The second-order valence-corrected chi connectivity index (χ2v) is 7.95. The molecule has 152 valence electrons. The molecule has 0 spiro atoms. The van der Waals surface area contributed by atoms with Crippen LogP contribution in [0.1, 0.15) is 16.8 Å². The molecule has 2 aromatic carbocycles. The van der Waals surface area contributed by atoms with Crippen LogP contribution in [0.5, 0.6) is 0 Å². The van der Waals surface area contributed by atoms with Crippen molar-refractivity contribution in [1.82, 2.24) is 4.31 Å². The van der Waals surface area contributed by atoms with Crippen LogP contribution in [-0.4, -0.2) is 45.9 Å². The fraction of sp³-hybridized carbons (Fsp3) is 0.278. The highest BCUT2D eigenvalue weighted by molar-refractivity contribution is 7.89. The van der Waals surface area contributed by atoms with Crippen LogP contribution in [0.3, 0.4) is 0 Å². The summed E-state index contributed by atoms with van der Waals surface area (Å²) in [5.74, 6) is -5.36. The maximum atomic E-state index is 13.3. The maximum Gasteiger partial charge on any atom is 0.255 e. The Morgan fingerprint density at radius 2 is 1.79 bits per heavy atom. The number of hydrogen-bond acceptors (Lipinski definition) is 4. The Kier molecular flexibility index (Phi) is 7.17. The van der Waals surface area contributed by atoms with Crippen molar-refractivity contribution in [2.75, 3.05) is 32.6 Å². The summed E-state index contributed by atoms with van der Waals surface area (Å²) in [5.41, 5.74) is -0.345. The van der Waals surface area contributed by atoms with Crippen LogP contribution < -0.4 is 5.32 Å². The normalized spacial score (nSPS) is 11.6. The molecule has 0 aliphatic rings. The molecule has 6 nitrogen and oxygen atoms in total. The van der Waals surface area contributed by atoms with Gasteiger partial charge in [0.25, 0.3) is 5.91 Å². The first-order valence-corrected chi connectivity index (χ1v) is 9.62. The van der Waals surface area contributed by atoms with E-state index in [1.165, 1.54) is 32.4 Å². The van der Waals surface area contributed by atoms with Crippen LogP contribution in [0.2, 0.25) is 0 Å². The summed E-state index contributed by atoms with van der Waals surface area (Å²) >= 11 is 0. The molecule has 28 heavy (non-hydrogen) atoms. The van der Waals surface area contributed by atoms with Gasteiger partial charge in [-0.15, -0.1) is 0 Å². The molecule has 0 atom stereocenters. The smallest absolute Gasteiger partial charge is 0.255 e. The number of rotatable bonds is 8. The number of nitrogens with one attached hydrogen (secondary N) is 1. The average Bonchev–Trinajstić information content (AvgIpc) is 2.66. The minimum Gasteiger partial charge on any atom is -0.385 e. The zero-order chi connectivity index (χ0) is 20.9. The fourth-order valence-electron chi connectivity index (χ4n) is 2.36. The van der Waals surface area contributed by atoms with Crippen molar-refractivity contribution in [1.29, 1.82) is 0 Å². The molecular formula is C18H19F3N2O4S. The molecule has 10 heteroatoms. The average molecular weight is 416 g/mol. The number of carbonyl (C=O) groups is 1. The first kappa shape index (κ1) is 21.9. The van der Waals surface area contributed by atoms with Crippen molar-refractivity contribution in [2.45, 2.75) is 11.3 Å². The van der Waals surface area contributed by atoms with Gasteiger partial charge in [-0.05, 0) is 24.6 Å². The number of amides is 1. The number of ether oxygens (including phenoxy) is 1. The summed E-state index contributed by atoms with van der Waals surface area (Å²) in [4.78, 5) is 12.2. The van der Waals surface area contributed by atoms with Gasteiger partial charge in [0.2, 0.25) is 10.0 Å². The number of methoxy groups -OCH3 is 1. The second kappa shape index (κ2) is 9.18. The molecule has 2 rings (SSSR count). The Labute approximate surface area is 161 Å². The third kappa shape index (κ3) is 5.09. The summed E-state index contributed by atoms with van der Waals surface area (Å²) in [6.07, 6.45) is 0.494. The molecule has 1 N–H and O–H groups in total. The second-order valence-electron chi connectivity index (χ2n) is 5.91. The zero-order valence-electron chi connectivity index (χ0n) is 15.2. The van der Waals surface area contributed by atoms with E-state index in [1.807, 2.05) is 0 Å². The first-order valence-electron chi connectivity index (χ1n) is 8.18. The molecule has 0 aliphatic heterocycles. The number of nitrogens with zero attached hydrogens (tertiary/aromatic N) is 1. The highest BCUT2D eigenvalue weighted by Crippen LogP contribution is 2.20. The van der Waals surface area contributed by atoms with Crippen molar-refractivity contribution >= 4 is 21.6 Å². The van der Waals surface area contributed by atoms with E-state index in [9.17, 15) is 26.4 Å². The van der Waals surface area contributed by atoms with Crippen molar-refractivity contribution in [3.63, 3.8) is 0 Å². The molecule has 2 aromatic rings. The molecule has 0 saturated heterocycles. The van der Waals surface area contributed by atoms with Crippen molar-refractivity contribution in [3.8, 4) is 0 Å². The first-order chi connectivity index (χ1) is 13.2. The number of hydrogen-bond donors (Lipinski definition) is 1. The van der Waals surface area contributed by atoms with Crippen LogP contribution in [0, 0.1) is 17.5 Å². The summed E-state index contributed by atoms with van der Waals surface area (Å²) < 4.78 is 70.8. The van der Waals surface area contributed by atoms with Gasteiger partial charge >= 0.3 is 0 Å². The lowest BCUT2D eigenvalue weighted by Gasteiger charge is -2.17. The van der Waals surface area contributed by atoms with Crippen molar-refractivity contribution in [3.05, 3.63) is 59.4 Å². The fourth-order valence-corrected chi connectivity index (χ4v) is 3.62. The highest BCUT2D eigenvalue weighted by Gasteiger charge is 2.22. The van der Waals surface area contributed by atoms with Gasteiger partial charge in [-0.3, -0.25) is 4.79 Å². The lowest BCUT2D eigenvalue weighted by Crippen LogP contribution is -2.28. The van der Waals surface area contributed by atoms with Gasteiger partial charge in [0.1, 0.15) is 0 Å². The lowest BCUT2D eigenvalue weighted by atomic mass is 10.2. The largest absolute Gasteiger partial charge is 0.385 e. The molecule has 0 fully saturated rings. The zero-order valence-corrected chi connectivity index (χ0v) is 16.0. The van der Waals surface area contributed by atoms with E-state index >= 15 is 0 Å². The lowest BCUT2D eigenvalue weighted by molar-refractivity contribution is 0.102. The number of sulfonamides is 1. The SMILES string of the molecule is COCCCN(C)S(=O)(=O)c1cccc(C(=O)Nc2cc(F)c(F)c(F)c2)c1. The van der Waals surface area contributed by atoms with Gasteiger partial charge in [-0.1, -0.05) is 6.07 Å². The summed E-state index contributed by atoms with van der Waals surface area (Å²) in [7, 11) is -0.925. The van der Waals surface area contributed by atoms with Gasteiger partial charge in [0.15, 0.2) is 17.5 Å². The maximum absolute atomic E-state index is 13.3. The van der Waals surface area contributed by atoms with E-state index in [4.69, 9.17) is 4.74 Å². The van der Waals surface area contributed by atoms with Crippen LogP contribution >= 0.6 is 0 Å². The molecule has 0 radical (unpaired) electrons. The molecule has 0 aliphatic carbocycles. The molecule has 0 unspecified atom stereocenters. The Morgan fingerprint density at radius 1 is 1.14 bits per heavy atom. The summed E-state index contributed by atoms with van der Waals surface area (Å²) in [5, 5.41) is 2.21. The highest BCUT2D eigenvalue weighted by atomic mass is 32.2. The minimum absolute atomic E-state index is 0.0449. The Bertz CT molecular complexity index is 944. The molecule has 1 amide bonds. The van der Waals surface area contributed by atoms with Gasteiger partial charge in [-0.2, -0.15) is 0 Å². The van der Waals surface area contributed by atoms with E-state index in [1.54, 1.807) is 0 Å². The summed E-state index contributed by atoms with van der Waals surface area (Å²) in [6, 6.07) is 6.44. The topological polar surface area (TPSA) is 75.7 Å². The van der Waals surface area contributed by atoms with Crippen molar-refractivity contribution in [2.24, 2.45) is 0 Å². The van der Waals surface area contributed by atoms with Crippen LogP contribution in [0.4, 0.5) is 18.9 Å². The number of benzene rings is 2. The number of halogens is 3. The quantitative estimate of drug-likeness (QED) is 0.530. The van der Waals surface area contributed by atoms with Crippen molar-refractivity contribution < 1.29 is 31.1 Å². The Hall–Kier alpha value is -2.43. The third-order valence-corrected chi connectivity index (χ3v) is 5.72. The predicted octanol–water partition coefficient (Wildman–Crippen LogP) is 3.01. The summed E-state index contributed by atoms with van der Waals surface area (Å²) in [6.45, 7) is 0.619. The predicted molar refractivity (Wildman–Crippen MR) is 97.0 cm³/mol.